The van der Waals surface area contributed by atoms with Gasteiger partial charge in [-0.15, -0.1) is 10.2 Å². The topological polar surface area (TPSA) is 85.8 Å². The Bertz CT molecular complexity index is 756. The standard InChI is InChI=1S/C18H27N5OS/c1-17(2,3)12-9-7-8-10-13(12)20-14(24)11-25-16-22-21-15(23(16)19)18(4,5)6/h7-10H,11,19H2,1-6H3,(H,20,24). The van der Waals surface area contributed by atoms with E-state index >= 15 is 0 Å². The Morgan fingerprint density at radius 3 is 2.32 bits per heavy atom. The van der Waals surface area contributed by atoms with Crippen LogP contribution < -0.4 is 11.2 Å². The Morgan fingerprint density at radius 1 is 1.12 bits per heavy atom. The summed E-state index contributed by atoms with van der Waals surface area (Å²) in [5.41, 5.74) is 1.69. The Hall–Kier alpha value is -2.02. The first-order chi connectivity index (χ1) is 11.5. The van der Waals surface area contributed by atoms with Crippen LogP contribution in [0.15, 0.2) is 29.4 Å². The molecule has 25 heavy (non-hydrogen) atoms. The Labute approximate surface area is 153 Å². The van der Waals surface area contributed by atoms with Crippen LogP contribution in [0, 0.1) is 0 Å². The van der Waals surface area contributed by atoms with Crippen molar-refractivity contribution in [3.63, 3.8) is 0 Å². The van der Waals surface area contributed by atoms with Gasteiger partial charge in [-0.05, 0) is 17.0 Å². The maximum absolute atomic E-state index is 12.3. The van der Waals surface area contributed by atoms with Gasteiger partial charge >= 0.3 is 0 Å². The fraction of sp³-hybridized carbons (Fsp3) is 0.500. The molecule has 1 aromatic heterocycles. The van der Waals surface area contributed by atoms with Gasteiger partial charge in [-0.1, -0.05) is 71.5 Å². The van der Waals surface area contributed by atoms with Gasteiger partial charge in [-0.3, -0.25) is 4.79 Å². The average molecular weight is 362 g/mol. The summed E-state index contributed by atoms with van der Waals surface area (Å²) in [6, 6.07) is 7.86. The molecule has 2 rings (SSSR count). The Kier molecular flexibility index (Phi) is 5.46. The lowest BCUT2D eigenvalue weighted by Gasteiger charge is -2.22. The quantitative estimate of drug-likeness (QED) is 0.644. The molecule has 0 atom stereocenters. The Morgan fingerprint density at radius 2 is 1.76 bits per heavy atom. The summed E-state index contributed by atoms with van der Waals surface area (Å²) >= 11 is 1.28. The first kappa shape index (κ1) is 19.3. The molecule has 0 radical (unpaired) electrons. The summed E-state index contributed by atoms with van der Waals surface area (Å²) in [6.45, 7) is 12.4. The van der Waals surface area contributed by atoms with Crippen LogP contribution in [0.2, 0.25) is 0 Å². The molecule has 0 bridgehead atoms. The van der Waals surface area contributed by atoms with Crippen LogP contribution in [0.25, 0.3) is 0 Å². The number of anilines is 1. The van der Waals surface area contributed by atoms with Crippen molar-refractivity contribution >= 4 is 23.4 Å². The molecule has 0 unspecified atom stereocenters. The molecule has 0 spiro atoms. The summed E-state index contributed by atoms with van der Waals surface area (Å²) in [6.07, 6.45) is 0. The number of hydrogen-bond donors (Lipinski definition) is 2. The van der Waals surface area contributed by atoms with Gasteiger partial charge in [0.05, 0.1) is 5.75 Å². The van der Waals surface area contributed by atoms with Gasteiger partial charge in [-0.25, -0.2) is 4.68 Å². The molecule has 1 amide bonds. The molecular weight excluding hydrogens is 334 g/mol. The van der Waals surface area contributed by atoms with E-state index in [1.165, 1.54) is 16.4 Å². The van der Waals surface area contributed by atoms with Gasteiger partial charge in [0.15, 0.2) is 5.82 Å². The highest BCUT2D eigenvalue weighted by molar-refractivity contribution is 7.99. The van der Waals surface area contributed by atoms with Gasteiger partial charge in [0, 0.05) is 11.1 Å². The number of nitrogen functional groups attached to an aromatic ring is 1. The number of benzene rings is 1. The van der Waals surface area contributed by atoms with E-state index in [-0.39, 0.29) is 22.5 Å². The second kappa shape index (κ2) is 7.07. The molecule has 1 heterocycles. The Balaban J connectivity index is 2.05. The van der Waals surface area contributed by atoms with Crippen molar-refractivity contribution in [1.29, 1.82) is 0 Å². The van der Waals surface area contributed by atoms with E-state index < -0.39 is 0 Å². The van der Waals surface area contributed by atoms with E-state index in [1.54, 1.807) is 0 Å². The highest BCUT2D eigenvalue weighted by atomic mass is 32.2. The molecule has 0 fully saturated rings. The second-order valence-corrected chi connectivity index (χ2v) is 9.00. The molecule has 0 aliphatic carbocycles. The van der Waals surface area contributed by atoms with Crippen LogP contribution in [0.1, 0.15) is 52.9 Å². The molecule has 1 aromatic carbocycles. The third-order valence-electron chi connectivity index (χ3n) is 3.68. The maximum atomic E-state index is 12.3. The lowest BCUT2D eigenvalue weighted by atomic mass is 9.86. The van der Waals surface area contributed by atoms with Crippen molar-refractivity contribution in [2.45, 2.75) is 57.5 Å². The first-order valence-corrected chi connectivity index (χ1v) is 9.22. The number of hydrogen-bond acceptors (Lipinski definition) is 5. The fourth-order valence-electron chi connectivity index (χ4n) is 2.45. The van der Waals surface area contributed by atoms with Crippen LogP contribution in [-0.4, -0.2) is 26.5 Å². The van der Waals surface area contributed by atoms with E-state index in [9.17, 15) is 4.79 Å². The van der Waals surface area contributed by atoms with Crippen molar-refractivity contribution in [1.82, 2.24) is 14.9 Å². The number of aromatic nitrogens is 3. The normalized spacial score (nSPS) is 12.2. The van der Waals surface area contributed by atoms with E-state index in [1.807, 2.05) is 45.0 Å². The van der Waals surface area contributed by atoms with E-state index in [0.717, 1.165) is 11.3 Å². The zero-order chi connectivity index (χ0) is 18.8. The molecule has 6 nitrogen and oxygen atoms in total. The van der Waals surface area contributed by atoms with Crippen molar-refractivity contribution in [2.75, 3.05) is 16.9 Å². The molecule has 0 saturated carbocycles. The smallest absolute Gasteiger partial charge is 0.234 e. The largest absolute Gasteiger partial charge is 0.336 e. The zero-order valence-electron chi connectivity index (χ0n) is 15.8. The first-order valence-electron chi connectivity index (χ1n) is 8.23. The number of carbonyl (C=O) groups excluding carboxylic acids is 1. The van der Waals surface area contributed by atoms with Gasteiger partial charge < -0.3 is 11.2 Å². The lowest BCUT2D eigenvalue weighted by Crippen LogP contribution is -2.24. The molecule has 0 saturated heterocycles. The number of nitrogens with zero attached hydrogens (tertiary/aromatic N) is 3. The molecule has 3 N–H and O–H groups in total. The van der Waals surface area contributed by atoms with E-state index in [4.69, 9.17) is 5.84 Å². The van der Waals surface area contributed by atoms with Crippen LogP contribution in [-0.2, 0) is 15.6 Å². The van der Waals surface area contributed by atoms with Gasteiger partial charge in [0.2, 0.25) is 11.1 Å². The number of thioether (sulfide) groups is 1. The molecule has 0 aliphatic heterocycles. The van der Waals surface area contributed by atoms with Crippen LogP contribution in [0.3, 0.4) is 0 Å². The number of rotatable bonds is 4. The van der Waals surface area contributed by atoms with E-state index in [0.29, 0.717) is 11.0 Å². The minimum Gasteiger partial charge on any atom is -0.336 e. The summed E-state index contributed by atoms with van der Waals surface area (Å²) < 4.78 is 1.46. The van der Waals surface area contributed by atoms with Gasteiger partial charge in [0.1, 0.15) is 0 Å². The predicted molar refractivity (Wildman–Crippen MR) is 103 cm³/mol. The minimum atomic E-state index is -0.200. The maximum Gasteiger partial charge on any atom is 0.234 e. The monoisotopic (exact) mass is 361 g/mol. The molecular formula is C18H27N5OS. The number of nitrogens with one attached hydrogen (secondary N) is 1. The van der Waals surface area contributed by atoms with Gasteiger partial charge in [-0.2, -0.15) is 0 Å². The van der Waals surface area contributed by atoms with Crippen molar-refractivity contribution < 1.29 is 4.79 Å². The minimum absolute atomic E-state index is 0.0456. The zero-order valence-corrected chi connectivity index (χ0v) is 16.6. The number of nitrogens with two attached hydrogens (primary N) is 1. The highest BCUT2D eigenvalue weighted by Crippen LogP contribution is 2.29. The highest BCUT2D eigenvalue weighted by Gasteiger charge is 2.23. The second-order valence-electron chi connectivity index (χ2n) is 8.06. The number of para-hydroxylation sites is 1. The fourth-order valence-corrected chi connectivity index (χ4v) is 3.11. The van der Waals surface area contributed by atoms with Crippen LogP contribution in [0.5, 0.6) is 0 Å². The molecule has 0 aliphatic rings. The third-order valence-corrected chi connectivity index (χ3v) is 4.62. The SMILES string of the molecule is CC(C)(C)c1ccccc1NC(=O)CSc1nnc(C(C)(C)C)n1N. The van der Waals surface area contributed by atoms with Gasteiger partial charge in [0.25, 0.3) is 0 Å². The van der Waals surface area contributed by atoms with Crippen molar-refractivity contribution in [3.05, 3.63) is 35.7 Å². The van der Waals surface area contributed by atoms with Crippen molar-refractivity contribution in [2.24, 2.45) is 0 Å². The van der Waals surface area contributed by atoms with Crippen LogP contribution in [0.4, 0.5) is 5.69 Å². The molecule has 136 valence electrons. The molecule has 7 heteroatoms. The predicted octanol–water partition coefficient (Wildman–Crippen LogP) is 3.32. The summed E-state index contributed by atoms with van der Waals surface area (Å²) in [5, 5.41) is 11.7. The van der Waals surface area contributed by atoms with E-state index in [2.05, 4.69) is 36.3 Å². The molecule has 2 aromatic rings. The summed E-state index contributed by atoms with van der Waals surface area (Å²) in [4.78, 5) is 12.3. The number of amides is 1. The lowest BCUT2D eigenvalue weighted by molar-refractivity contribution is -0.113. The third kappa shape index (κ3) is 4.75. The average Bonchev–Trinajstić information content (AvgIpc) is 2.85. The summed E-state index contributed by atoms with van der Waals surface area (Å²) in [7, 11) is 0. The van der Waals surface area contributed by atoms with Crippen LogP contribution >= 0.6 is 11.8 Å². The van der Waals surface area contributed by atoms with Crippen molar-refractivity contribution in [3.8, 4) is 0 Å². The number of carbonyl (C=O) groups is 1. The summed E-state index contributed by atoms with van der Waals surface area (Å²) in [5.74, 6) is 6.86.